The molecule has 0 amide bonds. The maximum Gasteiger partial charge on any atom is 0.160 e. The van der Waals surface area contributed by atoms with Crippen molar-refractivity contribution in [2.45, 2.75) is 6.54 Å². The van der Waals surface area contributed by atoms with E-state index in [2.05, 4.69) is 27.3 Å². The van der Waals surface area contributed by atoms with Crippen LogP contribution in [-0.4, -0.2) is 12.2 Å². The normalized spacial score (nSPS) is 10.1. The lowest BCUT2D eigenvalue weighted by Gasteiger charge is -2.09. The van der Waals surface area contributed by atoms with Crippen molar-refractivity contribution >= 4 is 21.6 Å². The third-order valence-electron chi connectivity index (χ3n) is 2.56. The van der Waals surface area contributed by atoms with Gasteiger partial charge in [0.25, 0.3) is 0 Å². The van der Waals surface area contributed by atoms with E-state index in [0.717, 1.165) is 10.2 Å². The zero-order valence-corrected chi connectivity index (χ0v) is 11.6. The number of rotatable bonds is 4. The lowest BCUT2D eigenvalue weighted by Crippen LogP contribution is -1.99. The molecule has 4 heteroatoms. The molecule has 2 N–H and O–H groups in total. The maximum absolute atomic E-state index is 9.66. The van der Waals surface area contributed by atoms with Gasteiger partial charge in [0, 0.05) is 22.8 Å². The van der Waals surface area contributed by atoms with E-state index in [1.165, 1.54) is 12.7 Å². The smallest absolute Gasteiger partial charge is 0.160 e. The average molecular weight is 308 g/mol. The minimum atomic E-state index is 0.136. The monoisotopic (exact) mass is 307 g/mol. The van der Waals surface area contributed by atoms with Crippen LogP contribution < -0.4 is 10.1 Å². The van der Waals surface area contributed by atoms with Crippen LogP contribution in [0.15, 0.2) is 46.9 Å². The summed E-state index contributed by atoms with van der Waals surface area (Å²) in [7, 11) is 1.53. The van der Waals surface area contributed by atoms with Gasteiger partial charge in [-0.15, -0.1) is 0 Å². The average Bonchev–Trinajstić information content (AvgIpc) is 2.37. The van der Waals surface area contributed by atoms with Crippen LogP contribution in [0.1, 0.15) is 5.56 Å². The summed E-state index contributed by atoms with van der Waals surface area (Å²) in [4.78, 5) is 0. The van der Waals surface area contributed by atoms with Crippen LogP contribution in [-0.2, 0) is 6.54 Å². The van der Waals surface area contributed by atoms with Crippen molar-refractivity contribution in [3.8, 4) is 11.5 Å². The summed E-state index contributed by atoms with van der Waals surface area (Å²) >= 11 is 3.43. The van der Waals surface area contributed by atoms with E-state index in [1.807, 2.05) is 24.3 Å². The lowest BCUT2D eigenvalue weighted by molar-refractivity contribution is 0.373. The zero-order chi connectivity index (χ0) is 13.0. The van der Waals surface area contributed by atoms with Gasteiger partial charge in [0.05, 0.1) is 7.11 Å². The summed E-state index contributed by atoms with van der Waals surface area (Å²) in [5.41, 5.74) is 2.02. The Kier molecular flexibility index (Phi) is 4.10. The Bertz CT molecular complexity index is 543. The molecule has 0 saturated heterocycles. The SMILES string of the molecule is COc1ccc(NCc2cccc(Br)c2)cc1O. The van der Waals surface area contributed by atoms with Gasteiger partial charge in [-0.25, -0.2) is 0 Å². The molecule has 2 aromatic carbocycles. The third-order valence-corrected chi connectivity index (χ3v) is 3.06. The van der Waals surface area contributed by atoms with Gasteiger partial charge in [-0.05, 0) is 29.8 Å². The number of nitrogens with one attached hydrogen (secondary N) is 1. The maximum atomic E-state index is 9.66. The fraction of sp³-hybridized carbons (Fsp3) is 0.143. The molecule has 2 rings (SSSR count). The number of phenolic OH excluding ortho intramolecular Hbond substituents is 1. The first-order valence-electron chi connectivity index (χ1n) is 5.54. The second-order valence-electron chi connectivity index (χ2n) is 3.87. The van der Waals surface area contributed by atoms with Crippen molar-refractivity contribution in [2.24, 2.45) is 0 Å². The molecule has 0 radical (unpaired) electrons. The van der Waals surface area contributed by atoms with Crippen LogP contribution in [0.3, 0.4) is 0 Å². The van der Waals surface area contributed by atoms with Crippen LogP contribution in [0.4, 0.5) is 5.69 Å². The number of ether oxygens (including phenoxy) is 1. The highest BCUT2D eigenvalue weighted by molar-refractivity contribution is 9.10. The highest BCUT2D eigenvalue weighted by Gasteiger charge is 2.02. The second kappa shape index (κ2) is 5.78. The molecule has 18 heavy (non-hydrogen) atoms. The van der Waals surface area contributed by atoms with Crippen LogP contribution in [0.5, 0.6) is 11.5 Å². The minimum Gasteiger partial charge on any atom is -0.504 e. The van der Waals surface area contributed by atoms with Crippen LogP contribution in [0.2, 0.25) is 0 Å². The van der Waals surface area contributed by atoms with E-state index in [4.69, 9.17) is 4.74 Å². The van der Waals surface area contributed by atoms with E-state index in [0.29, 0.717) is 12.3 Å². The molecule has 0 fully saturated rings. The molecule has 0 spiro atoms. The van der Waals surface area contributed by atoms with Crippen LogP contribution in [0, 0.1) is 0 Å². The largest absolute Gasteiger partial charge is 0.504 e. The zero-order valence-electron chi connectivity index (χ0n) is 9.98. The molecule has 0 atom stereocenters. The van der Waals surface area contributed by atoms with Crippen molar-refractivity contribution < 1.29 is 9.84 Å². The molecule has 94 valence electrons. The third kappa shape index (κ3) is 3.17. The predicted octanol–water partition coefficient (Wildman–Crippen LogP) is 3.78. The van der Waals surface area contributed by atoms with Gasteiger partial charge in [-0.1, -0.05) is 28.1 Å². The van der Waals surface area contributed by atoms with Gasteiger partial charge >= 0.3 is 0 Å². The van der Waals surface area contributed by atoms with Crippen LogP contribution in [0.25, 0.3) is 0 Å². The van der Waals surface area contributed by atoms with Gasteiger partial charge in [0.1, 0.15) is 0 Å². The molecule has 0 unspecified atom stereocenters. The minimum absolute atomic E-state index is 0.136. The van der Waals surface area contributed by atoms with Crippen molar-refractivity contribution in [1.82, 2.24) is 0 Å². The topological polar surface area (TPSA) is 41.5 Å². The molecule has 0 bridgehead atoms. The van der Waals surface area contributed by atoms with Crippen molar-refractivity contribution in [3.05, 3.63) is 52.5 Å². The number of phenols is 1. The van der Waals surface area contributed by atoms with Gasteiger partial charge in [-0.2, -0.15) is 0 Å². The van der Waals surface area contributed by atoms with Gasteiger partial charge < -0.3 is 15.2 Å². The number of hydrogen-bond donors (Lipinski definition) is 2. The Hall–Kier alpha value is -1.68. The van der Waals surface area contributed by atoms with Gasteiger partial charge in [0.15, 0.2) is 11.5 Å². The predicted molar refractivity (Wildman–Crippen MR) is 76.1 cm³/mol. The molecule has 3 nitrogen and oxygen atoms in total. The first-order chi connectivity index (χ1) is 8.69. The molecule has 2 aromatic rings. The molecule has 0 heterocycles. The van der Waals surface area contributed by atoms with E-state index in [1.54, 1.807) is 12.1 Å². The van der Waals surface area contributed by atoms with E-state index in [-0.39, 0.29) is 5.75 Å². The summed E-state index contributed by atoms with van der Waals surface area (Å²) in [5, 5.41) is 12.9. The van der Waals surface area contributed by atoms with E-state index < -0.39 is 0 Å². The van der Waals surface area contributed by atoms with E-state index >= 15 is 0 Å². The highest BCUT2D eigenvalue weighted by atomic mass is 79.9. The first kappa shape index (κ1) is 12.8. The summed E-state index contributed by atoms with van der Waals surface area (Å²) in [6.45, 7) is 0.700. The molecule has 0 aromatic heterocycles. The number of hydrogen-bond acceptors (Lipinski definition) is 3. The molecular weight excluding hydrogens is 294 g/mol. The lowest BCUT2D eigenvalue weighted by atomic mass is 10.2. The summed E-state index contributed by atoms with van der Waals surface area (Å²) < 4.78 is 6.05. The van der Waals surface area contributed by atoms with Crippen molar-refractivity contribution in [3.63, 3.8) is 0 Å². The van der Waals surface area contributed by atoms with Gasteiger partial charge in [0.2, 0.25) is 0 Å². The molecule has 0 aliphatic rings. The Morgan fingerprint density at radius 2 is 2.06 bits per heavy atom. The molecule has 0 aliphatic heterocycles. The van der Waals surface area contributed by atoms with Crippen molar-refractivity contribution in [1.29, 1.82) is 0 Å². The first-order valence-corrected chi connectivity index (χ1v) is 6.33. The Balaban J connectivity index is 2.04. The second-order valence-corrected chi connectivity index (χ2v) is 4.79. The molecule has 0 aliphatic carbocycles. The van der Waals surface area contributed by atoms with Crippen molar-refractivity contribution in [2.75, 3.05) is 12.4 Å². The summed E-state index contributed by atoms with van der Waals surface area (Å²) in [6.07, 6.45) is 0. The number of anilines is 1. The van der Waals surface area contributed by atoms with Crippen LogP contribution >= 0.6 is 15.9 Å². The van der Waals surface area contributed by atoms with Gasteiger partial charge in [-0.3, -0.25) is 0 Å². The fourth-order valence-corrected chi connectivity index (χ4v) is 2.10. The molecule has 0 saturated carbocycles. The van der Waals surface area contributed by atoms with E-state index in [9.17, 15) is 5.11 Å². The number of benzene rings is 2. The summed E-state index contributed by atoms with van der Waals surface area (Å²) in [6, 6.07) is 13.3. The standard InChI is InChI=1S/C14H14BrNO2/c1-18-14-6-5-12(8-13(14)17)16-9-10-3-2-4-11(15)7-10/h2-8,16-17H,9H2,1H3. The Morgan fingerprint density at radius 3 is 2.72 bits per heavy atom. The Morgan fingerprint density at radius 1 is 1.22 bits per heavy atom. The number of methoxy groups -OCH3 is 1. The summed E-state index contributed by atoms with van der Waals surface area (Å²) in [5.74, 6) is 0.611. The quantitative estimate of drug-likeness (QED) is 0.903. The number of aromatic hydroxyl groups is 1. The highest BCUT2D eigenvalue weighted by Crippen LogP contribution is 2.28. The molecular formula is C14H14BrNO2. The fourth-order valence-electron chi connectivity index (χ4n) is 1.65. The Labute approximate surface area is 115 Å². The number of halogens is 1.